The van der Waals surface area contributed by atoms with Crippen LogP contribution in [0.15, 0.2) is 6.20 Å². The van der Waals surface area contributed by atoms with Crippen LogP contribution in [0.3, 0.4) is 0 Å². The van der Waals surface area contributed by atoms with E-state index in [1.54, 1.807) is 7.11 Å². The summed E-state index contributed by atoms with van der Waals surface area (Å²) < 4.78 is 5.55. The molecule has 1 aromatic rings. The molecule has 0 bridgehead atoms. The minimum atomic E-state index is 0.366. The molecular weight excluding hydrogens is 262 g/mol. The molecule has 0 atom stereocenters. The van der Waals surface area contributed by atoms with Gasteiger partial charge in [-0.2, -0.15) is 0 Å². The third-order valence-electron chi connectivity index (χ3n) is 5.31. The molecule has 0 aromatic carbocycles. The molecule has 2 aliphatic rings. The summed E-state index contributed by atoms with van der Waals surface area (Å²) in [6, 6.07) is 0. The van der Waals surface area contributed by atoms with Crippen LogP contribution in [-0.4, -0.2) is 42.2 Å². The average Bonchev–Trinajstić information content (AvgIpc) is 2.94. The Kier molecular flexibility index (Phi) is 4.18. The number of ether oxygens (including phenoxy) is 1. The number of hydrogen-bond acceptors (Lipinski definition) is 4. The highest BCUT2D eigenvalue weighted by molar-refractivity contribution is 5.41. The van der Waals surface area contributed by atoms with Gasteiger partial charge in [0.25, 0.3) is 0 Å². The number of hydrogen-bond donors (Lipinski definition) is 1. The summed E-state index contributed by atoms with van der Waals surface area (Å²) in [5.41, 5.74) is 3.86. The Morgan fingerprint density at radius 2 is 2.10 bits per heavy atom. The fraction of sp³-hybridized carbons (Fsp3) is 0.706. The lowest BCUT2D eigenvalue weighted by atomic mass is 9.92. The number of methoxy groups -OCH3 is 1. The summed E-state index contributed by atoms with van der Waals surface area (Å²) in [6.45, 7) is 8.49. The third kappa shape index (κ3) is 2.67. The molecule has 1 saturated heterocycles. The zero-order valence-corrected chi connectivity index (χ0v) is 13.5. The molecule has 1 N–H and O–H groups in total. The molecule has 21 heavy (non-hydrogen) atoms. The predicted molar refractivity (Wildman–Crippen MR) is 84.7 cm³/mol. The van der Waals surface area contributed by atoms with Crippen molar-refractivity contribution < 1.29 is 4.74 Å². The summed E-state index contributed by atoms with van der Waals surface area (Å²) in [7, 11) is 1.75. The second kappa shape index (κ2) is 5.93. The van der Waals surface area contributed by atoms with Crippen LogP contribution in [-0.2, 0) is 6.54 Å². The molecule has 0 radical (unpaired) electrons. The average molecular weight is 289 g/mol. The molecule has 1 aromatic heterocycles. The largest absolute Gasteiger partial charge is 0.496 e. The topological polar surface area (TPSA) is 37.4 Å². The van der Waals surface area contributed by atoms with Crippen LogP contribution < -0.4 is 10.1 Å². The first-order valence-corrected chi connectivity index (χ1v) is 8.11. The summed E-state index contributed by atoms with van der Waals surface area (Å²) in [6.07, 6.45) is 7.32. The standard InChI is InChI=1S/C17H27N3O/c1-13-10-19-15(14(2)16(13)21-3)11-20-9-8-18-12-17(20)6-4-5-7-17/h10,18H,4-9,11-12H2,1-3H3. The summed E-state index contributed by atoms with van der Waals surface area (Å²) in [4.78, 5) is 7.36. The van der Waals surface area contributed by atoms with E-state index >= 15 is 0 Å². The quantitative estimate of drug-likeness (QED) is 0.927. The molecule has 1 saturated carbocycles. The Hall–Kier alpha value is -1.13. The summed E-state index contributed by atoms with van der Waals surface area (Å²) in [5.74, 6) is 0.996. The molecule has 1 aliphatic heterocycles. The van der Waals surface area contributed by atoms with Crippen molar-refractivity contribution in [2.24, 2.45) is 0 Å². The SMILES string of the molecule is COc1c(C)cnc(CN2CCNCC23CCCC3)c1C. The van der Waals surface area contributed by atoms with Crippen LogP contribution in [0.4, 0.5) is 0 Å². The Labute approximate surface area is 127 Å². The van der Waals surface area contributed by atoms with Gasteiger partial charge in [-0.1, -0.05) is 12.8 Å². The molecule has 2 fully saturated rings. The van der Waals surface area contributed by atoms with Crippen molar-refractivity contribution in [3.63, 3.8) is 0 Å². The third-order valence-corrected chi connectivity index (χ3v) is 5.31. The fourth-order valence-corrected chi connectivity index (χ4v) is 4.07. The van der Waals surface area contributed by atoms with Crippen molar-refractivity contribution in [2.75, 3.05) is 26.7 Å². The fourth-order valence-electron chi connectivity index (χ4n) is 4.07. The first-order valence-electron chi connectivity index (χ1n) is 8.11. The number of rotatable bonds is 3. The summed E-state index contributed by atoms with van der Waals surface area (Å²) >= 11 is 0. The van der Waals surface area contributed by atoms with Crippen molar-refractivity contribution in [1.82, 2.24) is 15.2 Å². The second-order valence-corrected chi connectivity index (χ2v) is 6.58. The minimum Gasteiger partial charge on any atom is -0.496 e. The van der Waals surface area contributed by atoms with Gasteiger partial charge in [0.15, 0.2) is 0 Å². The van der Waals surface area contributed by atoms with E-state index in [1.807, 2.05) is 6.20 Å². The van der Waals surface area contributed by atoms with Crippen LogP contribution in [0.2, 0.25) is 0 Å². The van der Waals surface area contributed by atoms with Gasteiger partial charge in [-0.15, -0.1) is 0 Å². The van der Waals surface area contributed by atoms with Crippen molar-refractivity contribution in [3.8, 4) is 5.75 Å². The smallest absolute Gasteiger partial charge is 0.128 e. The summed E-state index contributed by atoms with van der Waals surface area (Å²) in [5, 5.41) is 3.59. The van der Waals surface area contributed by atoms with Crippen molar-refractivity contribution >= 4 is 0 Å². The second-order valence-electron chi connectivity index (χ2n) is 6.58. The highest BCUT2D eigenvalue weighted by Gasteiger charge is 2.41. The first kappa shape index (κ1) is 14.8. The van der Waals surface area contributed by atoms with Gasteiger partial charge < -0.3 is 10.1 Å². The lowest BCUT2D eigenvalue weighted by molar-refractivity contribution is 0.0558. The van der Waals surface area contributed by atoms with Gasteiger partial charge in [-0.3, -0.25) is 9.88 Å². The van der Waals surface area contributed by atoms with Gasteiger partial charge in [0, 0.05) is 49.0 Å². The molecule has 3 rings (SSSR count). The number of piperazine rings is 1. The monoisotopic (exact) mass is 289 g/mol. The highest BCUT2D eigenvalue weighted by atomic mass is 16.5. The molecular formula is C17H27N3O. The van der Waals surface area contributed by atoms with E-state index in [1.165, 1.54) is 36.9 Å². The van der Waals surface area contributed by atoms with Crippen molar-refractivity contribution in [2.45, 2.75) is 51.6 Å². The molecule has 4 nitrogen and oxygen atoms in total. The van der Waals surface area contributed by atoms with E-state index in [0.29, 0.717) is 5.54 Å². The van der Waals surface area contributed by atoms with Gasteiger partial charge in [-0.25, -0.2) is 0 Å². The Balaban J connectivity index is 1.85. The molecule has 1 spiro atoms. The van der Waals surface area contributed by atoms with Gasteiger partial charge in [-0.05, 0) is 26.7 Å². The van der Waals surface area contributed by atoms with Gasteiger partial charge in [0.2, 0.25) is 0 Å². The highest BCUT2D eigenvalue weighted by Crippen LogP contribution is 2.37. The van der Waals surface area contributed by atoms with Crippen LogP contribution in [0.5, 0.6) is 5.75 Å². The van der Waals surface area contributed by atoms with Gasteiger partial charge in [0.05, 0.1) is 12.8 Å². The number of pyridine rings is 1. The normalized spacial score (nSPS) is 21.9. The van der Waals surface area contributed by atoms with Crippen molar-refractivity contribution in [3.05, 3.63) is 23.0 Å². The number of aryl methyl sites for hydroxylation is 1. The lowest BCUT2D eigenvalue weighted by Gasteiger charge is -2.45. The van der Waals surface area contributed by atoms with Crippen LogP contribution in [0.25, 0.3) is 0 Å². The predicted octanol–water partition coefficient (Wildman–Crippen LogP) is 2.43. The van der Waals surface area contributed by atoms with Crippen LogP contribution in [0, 0.1) is 13.8 Å². The van der Waals surface area contributed by atoms with E-state index in [-0.39, 0.29) is 0 Å². The number of nitrogens with zero attached hydrogens (tertiary/aromatic N) is 2. The zero-order valence-electron chi connectivity index (χ0n) is 13.5. The van der Waals surface area contributed by atoms with Crippen molar-refractivity contribution in [1.29, 1.82) is 0 Å². The maximum absolute atomic E-state index is 5.55. The molecule has 1 aliphatic carbocycles. The molecule has 0 unspecified atom stereocenters. The maximum Gasteiger partial charge on any atom is 0.128 e. The lowest BCUT2D eigenvalue weighted by Crippen LogP contribution is -2.59. The van der Waals surface area contributed by atoms with E-state index in [0.717, 1.165) is 37.5 Å². The molecule has 2 heterocycles. The van der Waals surface area contributed by atoms with E-state index in [9.17, 15) is 0 Å². The number of nitrogens with one attached hydrogen (secondary N) is 1. The maximum atomic E-state index is 5.55. The molecule has 116 valence electrons. The van der Waals surface area contributed by atoms with Crippen LogP contribution in [0.1, 0.15) is 42.5 Å². The zero-order chi connectivity index (χ0) is 14.9. The Morgan fingerprint density at radius 1 is 1.33 bits per heavy atom. The van der Waals surface area contributed by atoms with E-state index in [4.69, 9.17) is 9.72 Å². The Bertz CT molecular complexity index is 509. The van der Waals surface area contributed by atoms with E-state index < -0.39 is 0 Å². The molecule has 0 amide bonds. The minimum absolute atomic E-state index is 0.366. The van der Waals surface area contributed by atoms with Gasteiger partial charge in [0.1, 0.15) is 5.75 Å². The number of aromatic nitrogens is 1. The molecule has 4 heteroatoms. The first-order chi connectivity index (χ1) is 10.2. The van der Waals surface area contributed by atoms with E-state index in [2.05, 4.69) is 24.1 Å². The Morgan fingerprint density at radius 3 is 2.81 bits per heavy atom. The van der Waals surface area contributed by atoms with Gasteiger partial charge >= 0.3 is 0 Å². The van der Waals surface area contributed by atoms with Crippen LogP contribution >= 0.6 is 0 Å².